The van der Waals surface area contributed by atoms with Gasteiger partial charge in [-0.3, -0.25) is 9.29 Å². The first-order chi connectivity index (χ1) is 19.2. The maximum Gasteiger partial charge on any atom is 0.241 e. The molecule has 1 aromatic carbocycles. The number of rotatable bonds is 8. The highest BCUT2D eigenvalue weighted by Gasteiger charge is 2.26. The van der Waals surface area contributed by atoms with E-state index in [1.165, 1.54) is 23.8 Å². The maximum atomic E-state index is 13.1. The summed E-state index contributed by atoms with van der Waals surface area (Å²) in [6.07, 6.45) is 3.19. The molecule has 3 aromatic heterocycles. The Morgan fingerprint density at radius 3 is 2.70 bits per heavy atom. The largest absolute Gasteiger partial charge is 0.506 e. The van der Waals surface area contributed by atoms with E-state index in [2.05, 4.69) is 46.1 Å². The average molecular weight is 585 g/mol. The van der Waals surface area contributed by atoms with E-state index in [4.69, 9.17) is 21.1 Å². The van der Waals surface area contributed by atoms with E-state index < -0.39 is 21.6 Å². The van der Waals surface area contributed by atoms with Gasteiger partial charge in [0.05, 0.1) is 32.2 Å². The first-order valence-electron chi connectivity index (χ1n) is 11.4. The molecule has 0 saturated carbocycles. The van der Waals surface area contributed by atoms with Crippen molar-refractivity contribution in [1.82, 2.24) is 29.5 Å². The number of fused-ring (bicyclic) bond motifs is 1. The van der Waals surface area contributed by atoms with Crippen molar-refractivity contribution in [1.29, 1.82) is 0 Å². The van der Waals surface area contributed by atoms with Crippen molar-refractivity contribution in [3.63, 3.8) is 0 Å². The first-order valence-corrected chi connectivity index (χ1v) is 13.4. The van der Waals surface area contributed by atoms with E-state index in [0.717, 1.165) is 12.4 Å². The van der Waals surface area contributed by atoms with Crippen LogP contribution in [0.4, 0.5) is 10.2 Å². The Kier molecular flexibility index (Phi) is 7.20. The lowest BCUT2D eigenvalue weighted by Crippen LogP contribution is -2.18. The fourth-order valence-corrected chi connectivity index (χ4v) is 4.86. The molecule has 1 aliphatic heterocycles. The molecule has 204 valence electrons. The molecule has 16 heteroatoms. The van der Waals surface area contributed by atoms with E-state index >= 15 is 0 Å². The number of aliphatic imine (C=N–C) groups is 1. The van der Waals surface area contributed by atoms with Gasteiger partial charge in [-0.25, -0.2) is 42.7 Å². The number of phenols is 1. The third-order valence-corrected chi connectivity index (χ3v) is 6.64. The minimum absolute atomic E-state index is 0.00728. The highest BCUT2D eigenvalue weighted by molar-refractivity contribution is 7.91. The van der Waals surface area contributed by atoms with Gasteiger partial charge in [0.1, 0.15) is 28.8 Å². The van der Waals surface area contributed by atoms with Crippen molar-refractivity contribution in [2.45, 2.75) is 12.7 Å². The molecule has 0 radical (unpaired) electrons. The molecule has 2 N–H and O–H groups in total. The summed E-state index contributed by atoms with van der Waals surface area (Å²) in [6, 6.07) is 4.59. The van der Waals surface area contributed by atoms with E-state index in [0.29, 0.717) is 6.61 Å². The number of hydrogen-bond acceptors (Lipinski definition) is 11. The first kappa shape index (κ1) is 26.8. The molecule has 13 nitrogen and oxygen atoms in total. The van der Waals surface area contributed by atoms with Crippen molar-refractivity contribution in [3.05, 3.63) is 70.8 Å². The summed E-state index contributed by atoms with van der Waals surface area (Å²) in [7, 11) is -2.77. The smallest absolute Gasteiger partial charge is 0.241 e. The summed E-state index contributed by atoms with van der Waals surface area (Å²) < 4.78 is 53.4. The number of halogens is 2. The van der Waals surface area contributed by atoms with Crippen LogP contribution in [-0.4, -0.2) is 62.6 Å². The lowest BCUT2D eigenvalue weighted by atomic mass is 10.2. The Morgan fingerprint density at radius 2 is 1.98 bits per heavy atom. The van der Waals surface area contributed by atoms with Crippen molar-refractivity contribution < 1.29 is 27.4 Å². The van der Waals surface area contributed by atoms with Gasteiger partial charge in [0.15, 0.2) is 39.6 Å². The lowest BCUT2D eigenvalue weighted by molar-refractivity contribution is 0.330. The predicted octanol–water partition coefficient (Wildman–Crippen LogP) is 3.15. The molecule has 0 spiro atoms. The molecule has 40 heavy (non-hydrogen) atoms. The van der Waals surface area contributed by atoms with Crippen LogP contribution in [0.5, 0.6) is 11.5 Å². The Hall–Kier alpha value is -4.81. The van der Waals surface area contributed by atoms with Crippen molar-refractivity contribution in [2.75, 3.05) is 18.4 Å². The van der Waals surface area contributed by atoms with Gasteiger partial charge in [-0.1, -0.05) is 23.4 Å². The van der Waals surface area contributed by atoms with Crippen LogP contribution in [-0.2, 0) is 20.5 Å². The van der Waals surface area contributed by atoms with Gasteiger partial charge in [-0.05, 0) is 24.8 Å². The molecule has 0 unspecified atom stereocenters. The number of methoxy groups -OCH3 is 1. The van der Waals surface area contributed by atoms with Crippen LogP contribution in [0.3, 0.4) is 0 Å². The summed E-state index contributed by atoms with van der Waals surface area (Å²) >= 11 is 6.29. The zero-order chi connectivity index (χ0) is 28.4. The Labute approximate surface area is 231 Å². The van der Waals surface area contributed by atoms with Gasteiger partial charge in [-0.15, -0.1) is 0 Å². The quantitative estimate of drug-likeness (QED) is 0.294. The third-order valence-electron chi connectivity index (χ3n) is 5.23. The van der Waals surface area contributed by atoms with Crippen LogP contribution in [0.25, 0.3) is 22.7 Å². The molecule has 1 aliphatic rings. The number of nitrogens with zero attached hydrogens (tertiary/aromatic N) is 7. The molecule has 0 saturated heterocycles. The van der Waals surface area contributed by atoms with Crippen LogP contribution in [0.2, 0.25) is 5.15 Å². The van der Waals surface area contributed by atoms with E-state index in [1.807, 2.05) is 0 Å². The number of phenolic OH excluding ortho intramolecular Hbond substituents is 1. The van der Waals surface area contributed by atoms with Crippen molar-refractivity contribution in [3.8, 4) is 17.2 Å². The molecule has 0 fully saturated rings. The van der Waals surface area contributed by atoms with Gasteiger partial charge in [0, 0.05) is 0 Å². The summed E-state index contributed by atoms with van der Waals surface area (Å²) in [4.78, 5) is 24.8. The maximum absolute atomic E-state index is 13.1. The highest BCUT2D eigenvalue weighted by Crippen LogP contribution is 2.37. The number of ether oxygens (including phenoxy) is 2. The third kappa shape index (κ3) is 5.35. The topological polar surface area (TPSA) is 167 Å². The molecular weight excluding hydrogens is 567 g/mol. The molecular formula is C24H18ClFN8O5S. The van der Waals surface area contributed by atoms with Crippen LogP contribution >= 0.6 is 11.6 Å². The zero-order valence-electron chi connectivity index (χ0n) is 20.8. The van der Waals surface area contributed by atoms with Crippen molar-refractivity contribution >= 4 is 50.3 Å². The Morgan fingerprint density at radius 1 is 1.20 bits per heavy atom. The van der Waals surface area contributed by atoms with Crippen LogP contribution in [0.15, 0.2) is 53.1 Å². The summed E-state index contributed by atoms with van der Waals surface area (Å²) in [6.45, 7) is 2.14. The Bertz CT molecular complexity index is 1880. The SMILES string of the molecule is CCOC1=NC(c2nc3nc(Cl)c(NS(=O)(=O)Cc4ncc(F)cn4)nc3n2-c2c(O)cccc2OC)=C=C=C1. The average Bonchev–Trinajstić information content (AvgIpc) is 3.27. The number of benzene rings is 1. The standard InChI is InChI=1S/C24H18ClFN8O5S/c1-3-39-18-9-4-6-14(29-18)23-32-22-24(34(23)19-15(35)7-5-8-16(19)38-2)31-21(20(25)30-22)33-40(36,37)12-17-27-10-13(26)11-28-17/h5,7-11,35H,3,12H2,1-2H3,(H,31,33). The number of imidazole rings is 1. The fourth-order valence-electron chi connectivity index (χ4n) is 3.64. The normalized spacial score (nSPS) is 12.8. The number of nitrogens with one attached hydrogen (secondary N) is 1. The molecule has 0 amide bonds. The van der Waals surface area contributed by atoms with Gasteiger partial charge in [0.25, 0.3) is 0 Å². The number of anilines is 1. The zero-order valence-corrected chi connectivity index (χ0v) is 22.3. The summed E-state index contributed by atoms with van der Waals surface area (Å²) in [5.74, 6) is -1.54. The summed E-state index contributed by atoms with van der Waals surface area (Å²) in [5, 5.41) is 10.5. The van der Waals surface area contributed by atoms with Crippen LogP contribution < -0.4 is 9.46 Å². The minimum Gasteiger partial charge on any atom is -0.506 e. The van der Waals surface area contributed by atoms with E-state index in [9.17, 15) is 17.9 Å². The van der Waals surface area contributed by atoms with E-state index in [1.54, 1.807) is 19.1 Å². The molecule has 0 aliphatic carbocycles. The molecule has 0 atom stereocenters. The van der Waals surface area contributed by atoms with E-state index in [-0.39, 0.29) is 62.7 Å². The number of sulfonamides is 1. The highest BCUT2D eigenvalue weighted by atomic mass is 35.5. The second kappa shape index (κ2) is 10.8. The number of para-hydroxylation sites is 1. The lowest BCUT2D eigenvalue weighted by Gasteiger charge is -2.15. The number of hydrogen-bond donors (Lipinski definition) is 2. The fraction of sp³-hybridized carbons (Fsp3) is 0.167. The van der Waals surface area contributed by atoms with Gasteiger partial charge >= 0.3 is 0 Å². The van der Waals surface area contributed by atoms with Gasteiger partial charge in [0.2, 0.25) is 15.9 Å². The van der Waals surface area contributed by atoms with Crippen LogP contribution in [0.1, 0.15) is 18.6 Å². The Balaban J connectivity index is 1.69. The monoisotopic (exact) mass is 584 g/mol. The molecule has 4 heterocycles. The molecule has 0 bridgehead atoms. The molecule has 4 aromatic rings. The second-order valence-corrected chi connectivity index (χ2v) is 10.0. The summed E-state index contributed by atoms with van der Waals surface area (Å²) in [5.41, 5.74) is 5.91. The van der Waals surface area contributed by atoms with Gasteiger partial charge < -0.3 is 14.6 Å². The second-order valence-electron chi connectivity index (χ2n) is 7.93. The number of aromatic nitrogens is 6. The van der Waals surface area contributed by atoms with Crippen LogP contribution in [0, 0.1) is 5.82 Å². The minimum atomic E-state index is -4.18. The molecule has 5 rings (SSSR count). The van der Waals surface area contributed by atoms with Crippen molar-refractivity contribution in [2.24, 2.45) is 4.99 Å². The number of aromatic hydroxyl groups is 1. The van der Waals surface area contributed by atoms with Gasteiger partial charge in [-0.2, -0.15) is 0 Å². The predicted molar refractivity (Wildman–Crippen MR) is 142 cm³/mol.